The smallest absolute Gasteiger partial charge is 0.352 e. The normalized spacial score (nSPS) is 14.9. The Morgan fingerprint density at radius 3 is 2.36 bits per heavy atom. The molecule has 1 amide bonds. The van der Waals surface area contributed by atoms with Gasteiger partial charge in [0.05, 0.1) is 11.1 Å². The van der Waals surface area contributed by atoms with Crippen LogP contribution in [0.3, 0.4) is 0 Å². The van der Waals surface area contributed by atoms with E-state index in [9.17, 15) is 18.0 Å². The van der Waals surface area contributed by atoms with E-state index in [1.165, 1.54) is 18.2 Å². The number of amides is 1. The van der Waals surface area contributed by atoms with Gasteiger partial charge < -0.3 is 10.6 Å². The van der Waals surface area contributed by atoms with E-state index in [1.54, 1.807) is 0 Å². The minimum absolute atomic E-state index is 0.0713. The number of hydrogen-bond acceptors (Lipinski definition) is 3. The van der Waals surface area contributed by atoms with Crippen molar-refractivity contribution in [1.82, 2.24) is 10.3 Å². The number of nitrogens with one attached hydrogen (secondary N) is 2. The number of nitrogens with zero attached hydrogens (tertiary/aromatic N) is 1. The van der Waals surface area contributed by atoms with Crippen LogP contribution >= 0.6 is 23.2 Å². The number of anilines is 2. The van der Waals surface area contributed by atoms with Gasteiger partial charge >= 0.3 is 6.18 Å². The Hall–Kier alpha value is -1.99. The molecule has 1 saturated carbocycles. The molecule has 0 saturated heterocycles. The molecule has 3 rings (SSSR count). The predicted molar refractivity (Wildman–Crippen MR) is 103 cm³/mol. The number of carbonyl (C=O) groups excluding carboxylic acids is 1. The lowest BCUT2D eigenvalue weighted by Gasteiger charge is -2.16. The number of halogens is 5. The van der Waals surface area contributed by atoms with Gasteiger partial charge in [0.1, 0.15) is 5.82 Å². The van der Waals surface area contributed by atoms with Gasteiger partial charge in [-0.15, -0.1) is 0 Å². The summed E-state index contributed by atoms with van der Waals surface area (Å²) in [6.07, 6.45) is 0.367. The minimum Gasteiger partial charge on any atom is -0.352 e. The lowest BCUT2D eigenvalue weighted by Crippen LogP contribution is -2.30. The summed E-state index contributed by atoms with van der Waals surface area (Å²) in [5.41, 5.74) is -1.17. The summed E-state index contributed by atoms with van der Waals surface area (Å²) in [6.45, 7) is 0.372. The maximum absolute atomic E-state index is 13.5. The summed E-state index contributed by atoms with van der Waals surface area (Å²) < 4.78 is 40.6. The Balaban J connectivity index is 1.81. The maximum Gasteiger partial charge on any atom is 0.417 e. The second-order valence-corrected chi connectivity index (χ2v) is 7.63. The van der Waals surface area contributed by atoms with Crippen molar-refractivity contribution in [1.29, 1.82) is 0 Å². The van der Waals surface area contributed by atoms with Crippen LogP contribution in [0.4, 0.5) is 24.7 Å². The van der Waals surface area contributed by atoms with Crippen molar-refractivity contribution in [2.75, 3.05) is 11.9 Å². The molecular weight excluding hydrogens is 414 g/mol. The first kappa shape index (κ1) is 20.7. The summed E-state index contributed by atoms with van der Waals surface area (Å²) in [7, 11) is 0. The molecule has 1 aromatic heterocycles. The molecule has 2 aromatic rings. The standard InChI is InChI=1S/C19H18Cl2F3N3O/c20-12-5-13(21)7-14(6-12)27-17-8-16(19(22,23)24)15(10-25-17)18(28)26-9-11-3-1-2-4-11/h5-8,10-11H,1-4,9H2,(H,25,27)(H,26,28). The van der Waals surface area contributed by atoms with Gasteiger partial charge in [0.25, 0.3) is 5.91 Å². The number of alkyl halides is 3. The molecule has 0 bridgehead atoms. The van der Waals surface area contributed by atoms with Crippen LogP contribution in [0.15, 0.2) is 30.5 Å². The highest BCUT2D eigenvalue weighted by atomic mass is 35.5. The molecule has 150 valence electrons. The van der Waals surface area contributed by atoms with Crippen LogP contribution in [-0.4, -0.2) is 17.4 Å². The molecule has 1 heterocycles. The SMILES string of the molecule is O=C(NCC1CCCC1)c1cnc(Nc2cc(Cl)cc(Cl)c2)cc1C(F)(F)F. The zero-order valence-electron chi connectivity index (χ0n) is 14.7. The molecule has 9 heteroatoms. The zero-order chi connectivity index (χ0) is 20.3. The summed E-state index contributed by atoms with van der Waals surface area (Å²) in [5.74, 6) is -0.526. The van der Waals surface area contributed by atoms with Crippen LogP contribution < -0.4 is 10.6 Å². The van der Waals surface area contributed by atoms with E-state index < -0.39 is 23.2 Å². The molecule has 0 spiro atoms. The van der Waals surface area contributed by atoms with E-state index in [0.717, 1.165) is 37.9 Å². The van der Waals surface area contributed by atoms with E-state index in [2.05, 4.69) is 15.6 Å². The van der Waals surface area contributed by atoms with E-state index in [-0.39, 0.29) is 5.82 Å². The van der Waals surface area contributed by atoms with Crippen molar-refractivity contribution in [3.05, 3.63) is 51.6 Å². The van der Waals surface area contributed by atoms with Crippen molar-refractivity contribution < 1.29 is 18.0 Å². The fourth-order valence-corrected chi connectivity index (χ4v) is 3.79. The highest BCUT2D eigenvalue weighted by Gasteiger charge is 2.36. The van der Waals surface area contributed by atoms with Gasteiger partial charge in [0.15, 0.2) is 0 Å². The van der Waals surface area contributed by atoms with Crippen LogP contribution in [0.2, 0.25) is 10.0 Å². The molecule has 1 aliphatic rings. The Labute approximate surface area is 170 Å². The van der Waals surface area contributed by atoms with Gasteiger partial charge in [0, 0.05) is 28.5 Å². The highest BCUT2D eigenvalue weighted by molar-refractivity contribution is 6.35. The van der Waals surface area contributed by atoms with Gasteiger partial charge in [0.2, 0.25) is 0 Å². The van der Waals surface area contributed by atoms with Crippen LogP contribution in [0.1, 0.15) is 41.6 Å². The first-order valence-electron chi connectivity index (χ1n) is 8.81. The molecule has 4 nitrogen and oxygen atoms in total. The quantitative estimate of drug-likeness (QED) is 0.603. The molecule has 0 unspecified atom stereocenters. The Morgan fingerprint density at radius 2 is 1.75 bits per heavy atom. The summed E-state index contributed by atoms with van der Waals surface area (Å²) in [5, 5.41) is 5.99. The number of benzene rings is 1. The molecule has 0 aliphatic heterocycles. The fraction of sp³-hybridized carbons (Fsp3) is 0.368. The van der Waals surface area contributed by atoms with Crippen LogP contribution in [0.25, 0.3) is 0 Å². The fourth-order valence-electron chi connectivity index (χ4n) is 3.26. The third-order valence-corrected chi connectivity index (χ3v) is 5.05. The summed E-state index contributed by atoms with van der Waals surface area (Å²) >= 11 is 11.8. The molecule has 0 atom stereocenters. The first-order valence-corrected chi connectivity index (χ1v) is 9.56. The number of carbonyl (C=O) groups is 1. The Bertz CT molecular complexity index is 848. The first-order chi connectivity index (χ1) is 13.2. The van der Waals surface area contributed by atoms with Gasteiger partial charge in [-0.2, -0.15) is 13.2 Å². The lowest BCUT2D eigenvalue weighted by atomic mass is 10.1. The molecular formula is C19H18Cl2F3N3O. The third kappa shape index (κ3) is 5.29. The highest BCUT2D eigenvalue weighted by Crippen LogP contribution is 2.34. The lowest BCUT2D eigenvalue weighted by molar-refractivity contribution is -0.137. The molecule has 0 radical (unpaired) electrons. The van der Waals surface area contributed by atoms with Crippen molar-refractivity contribution >= 4 is 40.6 Å². The van der Waals surface area contributed by atoms with Gasteiger partial charge in [-0.05, 0) is 43.0 Å². The number of pyridine rings is 1. The topological polar surface area (TPSA) is 54.0 Å². The second kappa shape index (κ2) is 8.57. The minimum atomic E-state index is -4.70. The van der Waals surface area contributed by atoms with Crippen molar-refractivity contribution in [2.45, 2.75) is 31.9 Å². The van der Waals surface area contributed by atoms with E-state index in [0.29, 0.717) is 28.2 Å². The van der Waals surface area contributed by atoms with Gasteiger partial charge in [-0.25, -0.2) is 4.98 Å². The van der Waals surface area contributed by atoms with E-state index >= 15 is 0 Å². The van der Waals surface area contributed by atoms with E-state index in [1.807, 2.05) is 0 Å². The number of aromatic nitrogens is 1. The monoisotopic (exact) mass is 431 g/mol. The van der Waals surface area contributed by atoms with Crippen molar-refractivity contribution in [2.24, 2.45) is 5.92 Å². The second-order valence-electron chi connectivity index (χ2n) is 6.76. The van der Waals surface area contributed by atoms with Crippen LogP contribution in [0.5, 0.6) is 0 Å². The molecule has 2 N–H and O–H groups in total. The predicted octanol–water partition coefficient (Wildman–Crippen LogP) is 6.07. The van der Waals surface area contributed by atoms with Crippen LogP contribution in [-0.2, 0) is 6.18 Å². The summed E-state index contributed by atoms with van der Waals surface area (Å²) in [4.78, 5) is 16.3. The molecule has 28 heavy (non-hydrogen) atoms. The molecule has 1 aliphatic carbocycles. The van der Waals surface area contributed by atoms with Gasteiger partial charge in [-0.1, -0.05) is 36.0 Å². The largest absolute Gasteiger partial charge is 0.417 e. The maximum atomic E-state index is 13.5. The van der Waals surface area contributed by atoms with E-state index in [4.69, 9.17) is 23.2 Å². The van der Waals surface area contributed by atoms with Crippen LogP contribution in [0, 0.1) is 5.92 Å². The Kier molecular flexibility index (Phi) is 6.35. The average Bonchev–Trinajstić information content (AvgIpc) is 3.11. The van der Waals surface area contributed by atoms with Crippen molar-refractivity contribution in [3.8, 4) is 0 Å². The average molecular weight is 432 g/mol. The Morgan fingerprint density at radius 1 is 1.11 bits per heavy atom. The zero-order valence-corrected chi connectivity index (χ0v) is 16.3. The van der Waals surface area contributed by atoms with Crippen molar-refractivity contribution in [3.63, 3.8) is 0 Å². The number of rotatable bonds is 5. The van der Waals surface area contributed by atoms with Gasteiger partial charge in [-0.3, -0.25) is 4.79 Å². The molecule has 1 aromatic carbocycles. The molecule has 1 fully saturated rings. The number of hydrogen-bond donors (Lipinski definition) is 2. The third-order valence-electron chi connectivity index (χ3n) is 4.61. The summed E-state index contributed by atoms with van der Waals surface area (Å²) in [6, 6.07) is 5.31.